The van der Waals surface area contributed by atoms with Crippen LogP contribution in [0.15, 0.2) is 16.6 Å². The van der Waals surface area contributed by atoms with Gasteiger partial charge in [0.2, 0.25) is 0 Å². The van der Waals surface area contributed by atoms with Gasteiger partial charge in [0.25, 0.3) is 0 Å². The molecule has 6 heteroatoms. The molecule has 1 aliphatic carbocycles. The maximum Gasteiger partial charge on any atom is 0.136 e. The summed E-state index contributed by atoms with van der Waals surface area (Å²) in [4.78, 5) is 0. The van der Waals surface area contributed by atoms with Crippen molar-refractivity contribution in [1.82, 2.24) is 15.0 Å². The summed E-state index contributed by atoms with van der Waals surface area (Å²) in [5.41, 5.74) is 1.95. The van der Waals surface area contributed by atoms with Crippen LogP contribution in [0.1, 0.15) is 19.3 Å². The van der Waals surface area contributed by atoms with E-state index in [0.717, 1.165) is 46.7 Å². The Hall–Kier alpha value is -1.14. The minimum atomic E-state index is 0.144. The number of nitrogens with zero attached hydrogens (tertiary/aromatic N) is 3. The highest BCUT2D eigenvalue weighted by molar-refractivity contribution is 9.10. The first kappa shape index (κ1) is 12.6. The van der Waals surface area contributed by atoms with Crippen LogP contribution < -0.4 is 4.74 Å². The summed E-state index contributed by atoms with van der Waals surface area (Å²) in [6.07, 6.45) is 3.71. The molecule has 2 fully saturated rings. The lowest BCUT2D eigenvalue weighted by Gasteiger charge is -2.13. The van der Waals surface area contributed by atoms with Crippen LogP contribution in [0.25, 0.3) is 11.0 Å². The summed E-state index contributed by atoms with van der Waals surface area (Å²) >= 11 is 3.60. The molecule has 0 bridgehead atoms. The smallest absolute Gasteiger partial charge is 0.136 e. The van der Waals surface area contributed by atoms with Crippen molar-refractivity contribution >= 4 is 27.0 Å². The molecule has 2 aromatic rings. The number of ether oxygens (including phenoxy) is 2. The molecule has 0 spiro atoms. The fraction of sp³-hybridized carbons (Fsp3) is 0.571. The van der Waals surface area contributed by atoms with Crippen LogP contribution in [-0.4, -0.2) is 34.3 Å². The fourth-order valence-corrected chi connectivity index (χ4v) is 3.05. The van der Waals surface area contributed by atoms with E-state index >= 15 is 0 Å². The zero-order valence-electron chi connectivity index (χ0n) is 11.1. The molecule has 1 aromatic carbocycles. The van der Waals surface area contributed by atoms with Crippen molar-refractivity contribution in [3.05, 3.63) is 16.6 Å². The van der Waals surface area contributed by atoms with E-state index in [2.05, 4.69) is 26.2 Å². The second kappa shape index (κ2) is 5.00. The first-order valence-electron chi connectivity index (χ1n) is 7.07. The first-order chi connectivity index (χ1) is 9.81. The maximum atomic E-state index is 5.97. The summed E-state index contributed by atoms with van der Waals surface area (Å²) < 4.78 is 14.2. The van der Waals surface area contributed by atoms with Crippen molar-refractivity contribution in [2.24, 2.45) is 5.92 Å². The van der Waals surface area contributed by atoms with E-state index in [1.165, 1.54) is 12.8 Å². The molecule has 0 N–H and O–H groups in total. The Morgan fingerprint density at radius 3 is 3.00 bits per heavy atom. The third kappa shape index (κ3) is 2.31. The molecular formula is C14H16BrN3O2. The van der Waals surface area contributed by atoms with E-state index in [-0.39, 0.29) is 6.10 Å². The Bertz CT molecular complexity index is 633. The molecule has 1 saturated carbocycles. The molecule has 1 unspecified atom stereocenters. The van der Waals surface area contributed by atoms with Crippen LogP contribution in [-0.2, 0) is 11.3 Å². The standard InChI is InChI=1S/C14H16BrN3O2/c15-13-12(20-10-5-6-19-8-10)4-3-11-14(13)16-17-18(11)7-9-1-2-9/h3-4,9-10H,1-2,5-8H2. The number of hydrogen-bond acceptors (Lipinski definition) is 4. The molecule has 0 amide bonds. The lowest BCUT2D eigenvalue weighted by atomic mass is 10.2. The van der Waals surface area contributed by atoms with Gasteiger partial charge in [0.05, 0.1) is 23.2 Å². The van der Waals surface area contributed by atoms with Crippen LogP contribution >= 0.6 is 15.9 Å². The minimum Gasteiger partial charge on any atom is -0.487 e. The second-order valence-corrected chi connectivity index (χ2v) is 6.36. The Balaban J connectivity index is 1.64. The molecule has 1 saturated heterocycles. The van der Waals surface area contributed by atoms with Crippen molar-refractivity contribution in [3.63, 3.8) is 0 Å². The number of aromatic nitrogens is 3. The van der Waals surface area contributed by atoms with Crippen LogP contribution in [0, 0.1) is 5.92 Å². The van der Waals surface area contributed by atoms with E-state index in [1.54, 1.807) is 0 Å². The number of fused-ring (bicyclic) bond motifs is 1. The van der Waals surface area contributed by atoms with Crippen LogP contribution in [0.4, 0.5) is 0 Å². The average Bonchev–Trinajstić information content (AvgIpc) is 2.95. The van der Waals surface area contributed by atoms with Gasteiger partial charge in [-0.1, -0.05) is 5.21 Å². The topological polar surface area (TPSA) is 49.2 Å². The van der Waals surface area contributed by atoms with Gasteiger partial charge in [-0.25, -0.2) is 4.68 Å². The van der Waals surface area contributed by atoms with E-state index < -0.39 is 0 Å². The molecule has 1 aliphatic heterocycles. The molecule has 20 heavy (non-hydrogen) atoms. The SMILES string of the molecule is Brc1c(OC2CCOC2)ccc2c1nnn2CC1CC1. The molecule has 106 valence electrons. The highest BCUT2D eigenvalue weighted by Gasteiger charge is 2.24. The van der Waals surface area contributed by atoms with Crippen molar-refractivity contribution in [1.29, 1.82) is 0 Å². The van der Waals surface area contributed by atoms with Crippen LogP contribution in [0.5, 0.6) is 5.75 Å². The van der Waals surface area contributed by atoms with E-state index in [0.29, 0.717) is 6.61 Å². The first-order valence-corrected chi connectivity index (χ1v) is 7.86. The molecular weight excluding hydrogens is 322 g/mol. The van der Waals surface area contributed by atoms with Crippen molar-refractivity contribution in [2.45, 2.75) is 31.9 Å². The number of hydrogen-bond donors (Lipinski definition) is 0. The Labute approximate surface area is 125 Å². The highest BCUT2D eigenvalue weighted by atomic mass is 79.9. The van der Waals surface area contributed by atoms with Gasteiger partial charge in [-0.15, -0.1) is 5.10 Å². The van der Waals surface area contributed by atoms with Crippen molar-refractivity contribution in [2.75, 3.05) is 13.2 Å². The molecule has 1 aromatic heterocycles. The quantitative estimate of drug-likeness (QED) is 0.860. The largest absolute Gasteiger partial charge is 0.487 e. The third-order valence-electron chi connectivity index (χ3n) is 3.90. The molecule has 4 rings (SSSR count). The second-order valence-electron chi connectivity index (χ2n) is 5.56. The molecule has 1 atom stereocenters. The van der Waals surface area contributed by atoms with E-state index in [1.807, 2.05) is 16.8 Å². The summed E-state index contributed by atoms with van der Waals surface area (Å²) in [7, 11) is 0. The molecule has 2 heterocycles. The minimum absolute atomic E-state index is 0.144. The van der Waals surface area contributed by atoms with Crippen LogP contribution in [0.3, 0.4) is 0 Å². The lowest BCUT2D eigenvalue weighted by molar-refractivity contribution is 0.141. The fourth-order valence-electron chi connectivity index (χ4n) is 2.54. The third-order valence-corrected chi connectivity index (χ3v) is 4.67. The van der Waals surface area contributed by atoms with Gasteiger partial charge in [-0.05, 0) is 46.8 Å². The van der Waals surface area contributed by atoms with Crippen molar-refractivity contribution < 1.29 is 9.47 Å². The highest BCUT2D eigenvalue weighted by Crippen LogP contribution is 2.35. The Morgan fingerprint density at radius 2 is 2.25 bits per heavy atom. The summed E-state index contributed by atoms with van der Waals surface area (Å²) in [6, 6.07) is 4.05. The predicted octanol–water partition coefficient (Wildman–Crippen LogP) is 2.77. The van der Waals surface area contributed by atoms with Gasteiger partial charge < -0.3 is 9.47 Å². The van der Waals surface area contributed by atoms with Crippen LogP contribution in [0.2, 0.25) is 0 Å². The Morgan fingerprint density at radius 1 is 1.35 bits per heavy atom. The molecule has 5 nitrogen and oxygen atoms in total. The normalized spacial score (nSPS) is 22.6. The summed E-state index contributed by atoms with van der Waals surface area (Å²) in [5.74, 6) is 1.61. The predicted molar refractivity (Wildman–Crippen MR) is 77.8 cm³/mol. The lowest BCUT2D eigenvalue weighted by Crippen LogP contribution is -2.15. The van der Waals surface area contributed by atoms with E-state index in [4.69, 9.17) is 9.47 Å². The van der Waals surface area contributed by atoms with Gasteiger partial charge in [0.15, 0.2) is 0 Å². The van der Waals surface area contributed by atoms with Gasteiger partial charge in [0, 0.05) is 13.0 Å². The van der Waals surface area contributed by atoms with E-state index in [9.17, 15) is 0 Å². The zero-order chi connectivity index (χ0) is 13.5. The number of halogens is 1. The van der Waals surface area contributed by atoms with Gasteiger partial charge >= 0.3 is 0 Å². The maximum absolute atomic E-state index is 5.97. The zero-order valence-corrected chi connectivity index (χ0v) is 12.7. The average molecular weight is 338 g/mol. The van der Waals surface area contributed by atoms with Crippen molar-refractivity contribution in [3.8, 4) is 5.75 Å². The van der Waals surface area contributed by atoms with Gasteiger partial charge in [-0.2, -0.15) is 0 Å². The molecule has 0 radical (unpaired) electrons. The number of rotatable bonds is 4. The summed E-state index contributed by atoms with van der Waals surface area (Å²) in [6.45, 7) is 2.42. The molecule has 2 aliphatic rings. The summed E-state index contributed by atoms with van der Waals surface area (Å²) in [5, 5.41) is 8.55. The Kier molecular flexibility index (Phi) is 3.15. The van der Waals surface area contributed by atoms with Gasteiger partial charge in [0.1, 0.15) is 17.4 Å². The number of benzene rings is 1. The van der Waals surface area contributed by atoms with Gasteiger partial charge in [-0.3, -0.25) is 0 Å². The monoisotopic (exact) mass is 337 g/mol.